The van der Waals surface area contributed by atoms with E-state index >= 15 is 0 Å². The Hall–Kier alpha value is -4.01. The average Bonchev–Trinajstić information content (AvgIpc) is 3.48. The van der Waals surface area contributed by atoms with Crippen molar-refractivity contribution in [1.29, 1.82) is 0 Å². The van der Waals surface area contributed by atoms with Crippen LogP contribution in [0.3, 0.4) is 0 Å². The van der Waals surface area contributed by atoms with Gasteiger partial charge in [-0.25, -0.2) is 29.4 Å². The lowest BCUT2D eigenvalue weighted by Crippen LogP contribution is -2.19. The minimum absolute atomic E-state index is 0.0232. The van der Waals surface area contributed by atoms with E-state index in [0.29, 0.717) is 17.9 Å². The highest BCUT2D eigenvalue weighted by Crippen LogP contribution is 2.33. The Morgan fingerprint density at radius 3 is 2.84 bits per heavy atom. The normalized spacial score (nSPS) is 11.8. The molecule has 0 spiro atoms. The number of nitrogens with zero attached hydrogens (tertiary/aromatic N) is 7. The van der Waals surface area contributed by atoms with Gasteiger partial charge in [0.2, 0.25) is 5.78 Å². The first-order chi connectivity index (χ1) is 15.4. The van der Waals surface area contributed by atoms with Crippen LogP contribution in [0.15, 0.2) is 31.0 Å². The Morgan fingerprint density at radius 1 is 1.28 bits per heavy atom. The molecule has 4 rings (SSSR count). The molecule has 0 fully saturated rings. The number of hydrogen-bond acceptors (Lipinski definition) is 9. The van der Waals surface area contributed by atoms with E-state index in [1.807, 2.05) is 0 Å². The van der Waals surface area contributed by atoms with Gasteiger partial charge in [0.1, 0.15) is 18.0 Å². The Morgan fingerprint density at radius 2 is 2.12 bits per heavy atom. The zero-order valence-electron chi connectivity index (χ0n) is 16.5. The number of halogens is 3. The number of nitrogens with one attached hydrogen (secondary N) is 2. The number of aromatic amines is 1. The molecule has 4 aromatic heterocycles. The zero-order chi connectivity index (χ0) is 22.7. The molecule has 0 radical (unpaired) electrons. The second kappa shape index (κ2) is 8.62. The van der Waals surface area contributed by atoms with Crippen LogP contribution in [-0.4, -0.2) is 65.5 Å². The summed E-state index contributed by atoms with van der Waals surface area (Å²) in [5, 5.41) is 6.23. The van der Waals surface area contributed by atoms with Gasteiger partial charge < -0.3 is 19.8 Å². The van der Waals surface area contributed by atoms with E-state index in [1.54, 1.807) is 23.7 Å². The van der Waals surface area contributed by atoms with E-state index in [4.69, 9.17) is 9.47 Å². The van der Waals surface area contributed by atoms with E-state index in [0.717, 1.165) is 4.68 Å². The summed E-state index contributed by atoms with van der Waals surface area (Å²) in [6, 6.07) is 1.63. The van der Waals surface area contributed by atoms with Crippen molar-refractivity contribution < 1.29 is 27.4 Å². The van der Waals surface area contributed by atoms with E-state index in [1.165, 1.54) is 18.7 Å². The minimum atomic E-state index is -4.83. The summed E-state index contributed by atoms with van der Waals surface area (Å²) >= 11 is 0. The van der Waals surface area contributed by atoms with Gasteiger partial charge in [0.25, 0.3) is 5.82 Å². The molecule has 0 saturated heterocycles. The summed E-state index contributed by atoms with van der Waals surface area (Å²) in [5.41, 5.74) is 0.837. The fourth-order valence-electron chi connectivity index (χ4n) is 2.81. The van der Waals surface area contributed by atoms with Gasteiger partial charge in [-0.2, -0.15) is 13.2 Å². The van der Waals surface area contributed by atoms with Gasteiger partial charge in [-0.15, -0.1) is 5.10 Å². The summed E-state index contributed by atoms with van der Waals surface area (Å²) in [7, 11) is 1.66. The van der Waals surface area contributed by atoms with Crippen molar-refractivity contribution in [3.8, 4) is 22.9 Å². The molecule has 0 aromatic carbocycles. The lowest BCUT2D eigenvalue weighted by Gasteiger charge is -2.08. The van der Waals surface area contributed by atoms with Crippen molar-refractivity contribution in [2.75, 3.05) is 20.2 Å². The topological polar surface area (TPSA) is 137 Å². The van der Waals surface area contributed by atoms with Crippen LogP contribution in [0.2, 0.25) is 0 Å². The molecule has 4 aromatic rings. The fourth-order valence-corrected chi connectivity index (χ4v) is 2.81. The molecule has 32 heavy (non-hydrogen) atoms. The van der Waals surface area contributed by atoms with Gasteiger partial charge in [-0.1, -0.05) is 0 Å². The van der Waals surface area contributed by atoms with Crippen LogP contribution in [0.25, 0.3) is 28.7 Å². The third-order valence-electron chi connectivity index (χ3n) is 4.17. The lowest BCUT2D eigenvalue weighted by atomic mass is 10.2. The fraction of sp³-hybridized carbons (Fsp3) is 0.294. The number of aromatic nitrogens is 8. The van der Waals surface area contributed by atoms with Crippen molar-refractivity contribution in [3.05, 3.63) is 36.8 Å². The predicted octanol–water partition coefficient (Wildman–Crippen LogP) is 1.73. The lowest BCUT2D eigenvalue weighted by molar-refractivity contribution is -0.145. The Balaban J connectivity index is 1.76. The quantitative estimate of drug-likeness (QED) is 0.318. The monoisotopic (exact) mass is 451 g/mol. The number of rotatable bonds is 7. The van der Waals surface area contributed by atoms with Crippen molar-refractivity contribution in [2.24, 2.45) is 0 Å². The summed E-state index contributed by atoms with van der Waals surface area (Å²) in [4.78, 5) is 30.6. The van der Waals surface area contributed by atoms with Crippen LogP contribution in [0.4, 0.5) is 18.0 Å². The summed E-state index contributed by atoms with van der Waals surface area (Å²) in [5.74, 6) is -1.49. The molecule has 0 saturated carbocycles. The first-order valence-corrected chi connectivity index (χ1v) is 9.17. The molecule has 168 valence electrons. The molecule has 15 heteroatoms. The molecule has 0 bridgehead atoms. The first-order valence-electron chi connectivity index (χ1n) is 9.17. The number of alkyl halides is 3. The van der Waals surface area contributed by atoms with Crippen molar-refractivity contribution >= 4 is 11.9 Å². The Labute approximate surface area is 177 Å². The number of carbonyl (C=O) groups excluding carboxylic acids is 1. The summed E-state index contributed by atoms with van der Waals surface area (Å²) < 4.78 is 52.1. The van der Waals surface area contributed by atoms with Crippen molar-refractivity contribution in [3.63, 3.8) is 0 Å². The molecule has 12 nitrogen and oxygen atoms in total. The molecule has 0 aliphatic carbocycles. The molecule has 0 atom stereocenters. The largest absolute Gasteiger partial charge is 0.510 e. The maximum Gasteiger partial charge on any atom is 0.510 e. The molecule has 2 N–H and O–H groups in total. The van der Waals surface area contributed by atoms with E-state index in [2.05, 4.69) is 35.3 Å². The number of hydrogen-bond donors (Lipinski definition) is 2. The van der Waals surface area contributed by atoms with Crippen molar-refractivity contribution in [2.45, 2.75) is 12.9 Å². The zero-order valence-corrected chi connectivity index (χ0v) is 16.5. The van der Waals surface area contributed by atoms with Crippen LogP contribution in [0.1, 0.15) is 5.82 Å². The molecule has 0 aliphatic rings. The molecule has 0 unspecified atom stereocenters. The molecular weight excluding hydrogens is 435 g/mol. The van der Waals surface area contributed by atoms with Gasteiger partial charge in [0, 0.05) is 18.9 Å². The summed E-state index contributed by atoms with van der Waals surface area (Å²) in [6.45, 7) is -0.278. The predicted molar refractivity (Wildman–Crippen MR) is 101 cm³/mol. The van der Waals surface area contributed by atoms with Gasteiger partial charge in [0.15, 0.2) is 12.6 Å². The smallest absolute Gasteiger partial charge is 0.433 e. The number of ether oxygens (including phenoxy) is 2. The SMILES string of the molecule is CNCCOC(=O)OCn1nc(C(F)(F)F)nc1-c1nc2ncccn2c1-c1cnc[nH]1. The van der Waals surface area contributed by atoms with E-state index in [9.17, 15) is 18.0 Å². The highest BCUT2D eigenvalue weighted by atomic mass is 19.4. The number of carbonyl (C=O) groups is 1. The number of H-pyrrole nitrogens is 1. The Bertz CT molecular complexity index is 1220. The number of likely N-dealkylation sites (N-methyl/N-ethyl adjacent to an activating group) is 1. The molecule has 0 amide bonds. The molecule has 0 aliphatic heterocycles. The first kappa shape index (κ1) is 21.2. The highest BCUT2D eigenvalue weighted by molar-refractivity contribution is 5.76. The second-order valence-corrected chi connectivity index (χ2v) is 6.30. The Kier molecular flexibility index (Phi) is 5.72. The molecule has 4 heterocycles. The average molecular weight is 451 g/mol. The third-order valence-corrected chi connectivity index (χ3v) is 4.17. The number of fused-ring (bicyclic) bond motifs is 1. The van der Waals surface area contributed by atoms with Gasteiger partial charge >= 0.3 is 12.3 Å². The third kappa shape index (κ3) is 4.22. The van der Waals surface area contributed by atoms with Gasteiger partial charge in [-0.05, 0) is 13.1 Å². The van der Waals surface area contributed by atoms with Crippen LogP contribution in [0, 0.1) is 0 Å². The maximum absolute atomic E-state index is 13.3. The number of imidazole rings is 2. The van der Waals surface area contributed by atoms with E-state index < -0.39 is 24.9 Å². The molecular formula is C17H16F3N9O3. The van der Waals surface area contributed by atoms with Crippen LogP contribution >= 0.6 is 0 Å². The second-order valence-electron chi connectivity index (χ2n) is 6.30. The van der Waals surface area contributed by atoms with Crippen molar-refractivity contribution in [1.82, 2.24) is 44.4 Å². The van der Waals surface area contributed by atoms with Gasteiger partial charge in [0.05, 0.1) is 18.2 Å². The van der Waals surface area contributed by atoms with Crippen LogP contribution in [-0.2, 0) is 22.4 Å². The highest BCUT2D eigenvalue weighted by Gasteiger charge is 2.38. The van der Waals surface area contributed by atoms with Crippen LogP contribution < -0.4 is 5.32 Å². The maximum atomic E-state index is 13.3. The standard InChI is InChI=1S/C17H16F3N9O3/c1-21-4-6-31-16(30)32-9-29-13(26-14(27-29)17(18,19)20)11-12(10-7-22-8-24-10)28-5-2-3-23-15(28)25-11/h2-3,5,7-8,21H,4,6,9H2,1H3,(H,22,24). The van der Waals surface area contributed by atoms with Crippen LogP contribution in [0.5, 0.6) is 0 Å². The van der Waals surface area contributed by atoms with E-state index in [-0.39, 0.29) is 23.9 Å². The minimum Gasteiger partial charge on any atom is -0.433 e. The summed E-state index contributed by atoms with van der Waals surface area (Å²) in [6.07, 6.45) is 0.0977. The van der Waals surface area contributed by atoms with Gasteiger partial charge in [-0.3, -0.25) is 4.40 Å².